The molecule has 0 amide bonds. The molecule has 1 aliphatic carbocycles. The summed E-state index contributed by atoms with van der Waals surface area (Å²) in [7, 11) is 4.18. The molecule has 1 atom stereocenters. The first-order valence-corrected chi connectivity index (χ1v) is 7.04. The standard InChI is InChI=1S/C16H25NO/c1-4-13-7-9-14(10-8-13)15(18)16(17(2)3)11-5-6-12-16/h7-10,15,18H,4-6,11-12H2,1-3H3. The highest BCUT2D eigenvalue weighted by Crippen LogP contribution is 2.43. The van der Waals surface area contributed by atoms with Gasteiger partial charge in [0.1, 0.15) is 0 Å². The third-order valence-electron chi connectivity index (χ3n) is 4.57. The van der Waals surface area contributed by atoms with Crippen molar-refractivity contribution < 1.29 is 5.11 Å². The fourth-order valence-electron chi connectivity index (χ4n) is 3.20. The Hall–Kier alpha value is -0.860. The first-order chi connectivity index (χ1) is 8.60. The van der Waals surface area contributed by atoms with Gasteiger partial charge in [-0.25, -0.2) is 0 Å². The van der Waals surface area contributed by atoms with Gasteiger partial charge in [0.15, 0.2) is 0 Å². The molecule has 1 unspecified atom stereocenters. The van der Waals surface area contributed by atoms with Crippen molar-refractivity contribution in [2.45, 2.75) is 50.7 Å². The van der Waals surface area contributed by atoms with E-state index in [0.717, 1.165) is 24.8 Å². The van der Waals surface area contributed by atoms with E-state index in [2.05, 4.69) is 50.2 Å². The highest BCUT2D eigenvalue weighted by Gasteiger charge is 2.43. The van der Waals surface area contributed by atoms with Crippen LogP contribution in [0.2, 0.25) is 0 Å². The van der Waals surface area contributed by atoms with Gasteiger partial charge in [0, 0.05) is 0 Å². The molecule has 100 valence electrons. The van der Waals surface area contributed by atoms with Gasteiger partial charge >= 0.3 is 0 Å². The molecular formula is C16H25NO. The van der Waals surface area contributed by atoms with Gasteiger partial charge in [-0.05, 0) is 44.5 Å². The molecule has 1 fully saturated rings. The number of likely N-dealkylation sites (N-methyl/N-ethyl adjacent to an activating group) is 1. The lowest BCUT2D eigenvalue weighted by Crippen LogP contribution is -2.47. The third-order valence-corrected chi connectivity index (χ3v) is 4.57. The average molecular weight is 247 g/mol. The van der Waals surface area contributed by atoms with Crippen molar-refractivity contribution in [3.63, 3.8) is 0 Å². The van der Waals surface area contributed by atoms with Crippen LogP contribution < -0.4 is 0 Å². The van der Waals surface area contributed by atoms with Crippen molar-refractivity contribution in [3.05, 3.63) is 35.4 Å². The Kier molecular flexibility index (Phi) is 4.08. The quantitative estimate of drug-likeness (QED) is 0.883. The fourth-order valence-corrected chi connectivity index (χ4v) is 3.20. The van der Waals surface area contributed by atoms with Crippen molar-refractivity contribution in [3.8, 4) is 0 Å². The molecule has 1 saturated carbocycles. The number of rotatable bonds is 4. The molecule has 0 aromatic heterocycles. The number of benzene rings is 1. The molecule has 2 nitrogen and oxygen atoms in total. The Morgan fingerprint density at radius 3 is 2.17 bits per heavy atom. The van der Waals surface area contributed by atoms with Crippen molar-refractivity contribution in [2.24, 2.45) is 0 Å². The zero-order chi connectivity index (χ0) is 13.2. The monoisotopic (exact) mass is 247 g/mol. The molecule has 18 heavy (non-hydrogen) atoms. The topological polar surface area (TPSA) is 23.5 Å². The van der Waals surface area contributed by atoms with E-state index in [9.17, 15) is 5.11 Å². The summed E-state index contributed by atoms with van der Waals surface area (Å²) in [5, 5.41) is 10.8. The van der Waals surface area contributed by atoms with Gasteiger partial charge < -0.3 is 10.0 Å². The summed E-state index contributed by atoms with van der Waals surface area (Å²) in [5.41, 5.74) is 2.33. The average Bonchev–Trinajstić information content (AvgIpc) is 2.88. The van der Waals surface area contributed by atoms with Crippen LogP contribution in [-0.4, -0.2) is 29.6 Å². The molecule has 1 N–H and O–H groups in total. The number of aliphatic hydroxyl groups excluding tert-OH is 1. The molecule has 0 bridgehead atoms. The van der Waals surface area contributed by atoms with Crippen molar-refractivity contribution in [1.82, 2.24) is 4.90 Å². The summed E-state index contributed by atoms with van der Waals surface area (Å²) in [5.74, 6) is 0. The summed E-state index contributed by atoms with van der Waals surface area (Å²) in [6.07, 6.45) is 5.31. The molecule has 2 heteroatoms. The third kappa shape index (κ3) is 2.32. The second-order valence-corrected chi connectivity index (χ2v) is 5.70. The first kappa shape index (κ1) is 13.6. The molecule has 0 heterocycles. The van der Waals surface area contributed by atoms with Crippen LogP contribution in [0.5, 0.6) is 0 Å². The predicted octanol–water partition coefficient (Wildman–Crippen LogP) is 3.16. The smallest absolute Gasteiger partial charge is 0.0973 e. The summed E-state index contributed by atoms with van der Waals surface area (Å²) in [6.45, 7) is 2.16. The molecule has 1 aromatic carbocycles. The fraction of sp³-hybridized carbons (Fsp3) is 0.625. The lowest BCUT2D eigenvalue weighted by molar-refractivity contribution is -0.00475. The number of nitrogens with zero attached hydrogens (tertiary/aromatic N) is 1. The number of aryl methyl sites for hydroxylation is 1. The van der Waals surface area contributed by atoms with E-state index < -0.39 is 0 Å². The van der Waals surface area contributed by atoms with E-state index in [0.29, 0.717) is 0 Å². The zero-order valence-electron chi connectivity index (χ0n) is 11.8. The first-order valence-electron chi connectivity index (χ1n) is 7.04. The molecular weight excluding hydrogens is 222 g/mol. The van der Waals surface area contributed by atoms with E-state index in [1.54, 1.807) is 0 Å². The minimum atomic E-state index is -0.374. The van der Waals surface area contributed by atoms with Gasteiger partial charge in [-0.2, -0.15) is 0 Å². The Bertz CT molecular complexity index is 377. The van der Waals surface area contributed by atoms with Gasteiger partial charge in [0.05, 0.1) is 11.6 Å². The molecule has 1 aromatic rings. The zero-order valence-corrected chi connectivity index (χ0v) is 11.8. The number of hydrogen-bond acceptors (Lipinski definition) is 2. The summed E-state index contributed by atoms with van der Waals surface area (Å²) in [6, 6.07) is 8.45. The predicted molar refractivity (Wildman–Crippen MR) is 75.7 cm³/mol. The minimum absolute atomic E-state index is 0.0618. The highest BCUT2D eigenvalue weighted by atomic mass is 16.3. The maximum absolute atomic E-state index is 10.8. The number of aliphatic hydroxyl groups is 1. The Morgan fingerprint density at radius 1 is 1.17 bits per heavy atom. The van der Waals surface area contributed by atoms with Crippen LogP contribution in [0.25, 0.3) is 0 Å². The van der Waals surface area contributed by atoms with E-state index in [1.165, 1.54) is 18.4 Å². The SMILES string of the molecule is CCc1ccc(C(O)C2(N(C)C)CCCC2)cc1. The van der Waals surface area contributed by atoms with E-state index in [-0.39, 0.29) is 11.6 Å². The lowest BCUT2D eigenvalue weighted by atomic mass is 9.84. The molecule has 2 rings (SSSR count). The molecule has 0 radical (unpaired) electrons. The molecule has 1 aliphatic rings. The Balaban J connectivity index is 2.25. The van der Waals surface area contributed by atoms with Crippen LogP contribution in [0.1, 0.15) is 49.8 Å². The number of hydrogen-bond donors (Lipinski definition) is 1. The van der Waals surface area contributed by atoms with Crippen molar-refractivity contribution in [2.75, 3.05) is 14.1 Å². The Morgan fingerprint density at radius 2 is 1.72 bits per heavy atom. The van der Waals surface area contributed by atoms with E-state index >= 15 is 0 Å². The lowest BCUT2D eigenvalue weighted by Gasteiger charge is -2.40. The molecule has 0 saturated heterocycles. The van der Waals surface area contributed by atoms with Crippen LogP contribution in [0, 0.1) is 0 Å². The summed E-state index contributed by atoms with van der Waals surface area (Å²) >= 11 is 0. The van der Waals surface area contributed by atoms with Gasteiger partial charge in [0.25, 0.3) is 0 Å². The van der Waals surface area contributed by atoms with Gasteiger partial charge in [-0.15, -0.1) is 0 Å². The van der Waals surface area contributed by atoms with Crippen LogP contribution in [0.4, 0.5) is 0 Å². The van der Waals surface area contributed by atoms with Crippen molar-refractivity contribution in [1.29, 1.82) is 0 Å². The Labute approximate surface area is 111 Å². The normalized spacial score (nSPS) is 20.3. The largest absolute Gasteiger partial charge is 0.386 e. The van der Waals surface area contributed by atoms with Gasteiger partial charge in [-0.1, -0.05) is 44.0 Å². The van der Waals surface area contributed by atoms with Gasteiger partial charge in [0.2, 0.25) is 0 Å². The van der Waals surface area contributed by atoms with Gasteiger partial charge in [-0.3, -0.25) is 0 Å². The minimum Gasteiger partial charge on any atom is -0.386 e. The maximum Gasteiger partial charge on any atom is 0.0973 e. The summed E-state index contributed by atoms with van der Waals surface area (Å²) in [4.78, 5) is 2.22. The molecule has 0 aliphatic heterocycles. The summed E-state index contributed by atoms with van der Waals surface area (Å²) < 4.78 is 0. The van der Waals surface area contributed by atoms with Crippen LogP contribution in [0.3, 0.4) is 0 Å². The van der Waals surface area contributed by atoms with Crippen LogP contribution >= 0.6 is 0 Å². The van der Waals surface area contributed by atoms with E-state index in [4.69, 9.17) is 0 Å². The second kappa shape index (κ2) is 5.41. The van der Waals surface area contributed by atoms with E-state index in [1.807, 2.05) is 0 Å². The maximum atomic E-state index is 10.8. The van der Waals surface area contributed by atoms with Crippen LogP contribution in [0.15, 0.2) is 24.3 Å². The van der Waals surface area contributed by atoms with Crippen molar-refractivity contribution >= 4 is 0 Å². The van der Waals surface area contributed by atoms with Crippen LogP contribution in [-0.2, 0) is 6.42 Å². The highest BCUT2D eigenvalue weighted by molar-refractivity contribution is 5.27. The molecule has 0 spiro atoms. The second-order valence-electron chi connectivity index (χ2n) is 5.70.